The van der Waals surface area contributed by atoms with E-state index in [0.717, 1.165) is 25.7 Å². The van der Waals surface area contributed by atoms with Crippen LogP contribution in [0.2, 0.25) is 0 Å². The minimum Gasteiger partial charge on any atom is -0.477 e. The number of carbonyl (C=O) groups excluding carboxylic acids is 1. The predicted molar refractivity (Wildman–Crippen MR) is 116 cm³/mol. The van der Waals surface area contributed by atoms with Gasteiger partial charge in [0.15, 0.2) is 0 Å². The molecule has 0 saturated heterocycles. The highest BCUT2D eigenvalue weighted by molar-refractivity contribution is 5.97. The van der Waals surface area contributed by atoms with E-state index in [-0.39, 0.29) is 18.1 Å². The Morgan fingerprint density at radius 3 is 2.32 bits per heavy atom. The van der Waals surface area contributed by atoms with E-state index in [1.165, 1.54) is 0 Å². The molecule has 0 bridgehead atoms. The third-order valence-corrected chi connectivity index (χ3v) is 5.22. The third kappa shape index (κ3) is 5.31. The Kier molecular flexibility index (Phi) is 6.62. The molecule has 7 heteroatoms. The number of ether oxygens (including phenoxy) is 3. The van der Waals surface area contributed by atoms with Crippen LogP contribution in [0.4, 0.5) is 0 Å². The number of hydrogen-bond donors (Lipinski definition) is 1. The largest absolute Gasteiger partial charge is 0.477 e. The van der Waals surface area contributed by atoms with Crippen molar-refractivity contribution in [3.05, 3.63) is 72.6 Å². The molecule has 0 aliphatic heterocycles. The lowest BCUT2D eigenvalue weighted by atomic mass is 9.92. The maximum Gasteiger partial charge on any atom is 0.278 e. The van der Waals surface area contributed by atoms with Crippen LogP contribution >= 0.6 is 0 Å². The minimum atomic E-state index is -0.133. The normalized spacial score (nSPS) is 18.1. The molecule has 1 aromatic heterocycles. The Morgan fingerprint density at radius 1 is 0.903 bits per heavy atom. The highest BCUT2D eigenvalue weighted by Crippen LogP contribution is 2.28. The van der Waals surface area contributed by atoms with Crippen LogP contribution in [-0.4, -0.2) is 35.1 Å². The quantitative estimate of drug-likeness (QED) is 0.611. The first-order chi connectivity index (χ1) is 15.2. The molecule has 2 aromatic carbocycles. The number of benzene rings is 2. The maximum absolute atomic E-state index is 12.9. The number of hydrogen-bond acceptors (Lipinski definition) is 6. The van der Waals surface area contributed by atoms with Gasteiger partial charge in [0.05, 0.1) is 12.7 Å². The van der Waals surface area contributed by atoms with E-state index in [1.54, 1.807) is 31.6 Å². The Labute approximate surface area is 181 Å². The van der Waals surface area contributed by atoms with Gasteiger partial charge in [-0.1, -0.05) is 30.3 Å². The number of para-hydroxylation sites is 2. The molecule has 1 amide bonds. The highest BCUT2D eigenvalue weighted by atomic mass is 16.5. The lowest BCUT2D eigenvalue weighted by Crippen LogP contribution is -2.39. The summed E-state index contributed by atoms with van der Waals surface area (Å²) in [6, 6.07) is 16.8. The lowest BCUT2D eigenvalue weighted by molar-refractivity contribution is 0.0884. The standard InChI is InChI=1S/C24H25N3O4/c1-29-23-24(26-16-15-25-23)31-19-13-11-17(12-14-19)27-22(28)20-9-5-6-10-21(20)30-18-7-3-2-4-8-18/h2-10,15-17,19H,11-14H2,1H3,(H,27,28). The van der Waals surface area contributed by atoms with Gasteiger partial charge in [-0.25, -0.2) is 9.97 Å². The van der Waals surface area contributed by atoms with Crippen LogP contribution in [-0.2, 0) is 0 Å². The number of carbonyl (C=O) groups is 1. The first kappa shape index (κ1) is 20.7. The Balaban J connectivity index is 1.33. The van der Waals surface area contributed by atoms with Gasteiger partial charge < -0.3 is 19.5 Å². The molecular formula is C24H25N3O4. The van der Waals surface area contributed by atoms with Gasteiger partial charge in [-0.05, 0) is 49.9 Å². The number of amides is 1. The van der Waals surface area contributed by atoms with Crippen LogP contribution in [0.1, 0.15) is 36.0 Å². The molecule has 3 aromatic rings. The van der Waals surface area contributed by atoms with Crippen molar-refractivity contribution in [1.82, 2.24) is 15.3 Å². The number of nitrogens with one attached hydrogen (secondary N) is 1. The molecule has 1 heterocycles. The van der Waals surface area contributed by atoms with Crippen LogP contribution in [0.5, 0.6) is 23.3 Å². The summed E-state index contributed by atoms with van der Waals surface area (Å²) in [5, 5.41) is 3.14. The summed E-state index contributed by atoms with van der Waals surface area (Å²) < 4.78 is 17.1. The van der Waals surface area contributed by atoms with Crippen LogP contribution in [0.3, 0.4) is 0 Å². The number of methoxy groups -OCH3 is 1. The molecule has 1 aliphatic rings. The molecule has 7 nitrogen and oxygen atoms in total. The molecule has 1 N–H and O–H groups in total. The molecule has 0 spiro atoms. The van der Waals surface area contributed by atoms with Gasteiger partial charge in [-0.3, -0.25) is 4.79 Å². The highest BCUT2D eigenvalue weighted by Gasteiger charge is 2.26. The fraction of sp³-hybridized carbons (Fsp3) is 0.292. The van der Waals surface area contributed by atoms with Crippen molar-refractivity contribution in [2.75, 3.05) is 7.11 Å². The molecule has 0 unspecified atom stereocenters. The van der Waals surface area contributed by atoms with Crippen molar-refractivity contribution < 1.29 is 19.0 Å². The molecule has 0 atom stereocenters. The van der Waals surface area contributed by atoms with E-state index in [2.05, 4.69) is 15.3 Å². The second-order valence-corrected chi connectivity index (χ2v) is 7.35. The van der Waals surface area contributed by atoms with Crippen LogP contribution in [0.15, 0.2) is 67.0 Å². The summed E-state index contributed by atoms with van der Waals surface area (Å²) in [4.78, 5) is 21.2. The smallest absolute Gasteiger partial charge is 0.278 e. The second-order valence-electron chi connectivity index (χ2n) is 7.35. The first-order valence-corrected chi connectivity index (χ1v) is 10.4. The average Bonchev–Trinajstić information content (AvgIpc) is 2.82. The van der Waals surface area contributed by atoms with Crippen molar-refractivity contribution in [2.45, 2.75) is 37.8 Å². The molecule has 1 saturated carbocycles. The third-order valence-electron chi connectivity index (χ3n) is 5.22. The average molecular weight is 419 g/mol. The summed E-state index contributed by atoms with van der Waals surface area (Å²) in [5.74, 6) is 1.89. The zero-order chi connectivity index (χ0) is 21.5. The van der Waals surface area contributed by atoms with Gasteiger partial charge in [-0.2, -0.15) is 0 Å². The molecule has 1 aliphatic carbocycles. The van der Waals surface area contributed by atoms with Crippen molar-refractivity contribution in [3.8, 4) is 23.3 Å². The first-order valence-electron chi connectivity index (χ1n) is 10.4. The molecule has 160 valence electrons. The van der Waals surface area contributed by atoms with E-state index in [9.17, 15) is 4.79 Å². The molecule has 31 heavy (non-hydrogen) atoms. The van der Waals surface area contributed by atoms with Gasteiger partial charge >= 0.3 is 0 Å². The SMILES string of the molecule is COc1nccnc1OC1CCC(NC(=O)c2ccccc2Oc2ccccc2)CC1. The Bertz CT molecular complexity index is 1000. The van der Waals surface area contributed by atoms with Gasteiger partial charge in [0.2, 0.25) is 0 Å². The molecule has 0 radical (unpaired) electrons. The predicted octanol–water partition coefficient (Wildman–Crippen LogP) is 4.40. The van der Waals surface area contributed by atoms with Crippen LogP contribution in [0.25, 0.3) is 0 Å². The van der Waals surface area contributed by atoms with Crippen molar-refractivity contribution >= 4 is 5.91 Å². The van der Waals surface area contributed by atoms with E-state index in [1.807, 2.05) is 42.5 Å². The van der Waals surface area contributed by atoms with E-state index >= 15 is 0 Å². The summed E-state index contributed by atoms with van der Waals surface area (Å²) in [7, 11) is 1.54. The van der Waals surface area contributed by atoms with Crippen molar-refractivity contribution in [3.63, 3.8) is 0 Å². The minimum absolute atomic E-state index is 0.0208. The number of nitrogens with zero attached hydrogens (tertiary/aromatic N) is 2. The van der Waals surface area contributed by atoms with Crippen molar-refractivity contribution in [2.24, 2.45) is 0 Å². The fourth-order valence-corrected chi connectivity index (χ4v) is 3.64. The topological polar surface area (TPSA) is 82.6 Å². The number of rotatable bonds is 7. The zero-order valence-electron chi connectivity index (χ0n) is 17.4. The van der Waals surface area contributed by atoms with Gasteiger partial charge in [-0.15, -0.1) is 0 Å². The molecular weight excluding hydrogens is 394 g/mol. The summed E-state index contributed by atoms with van der Waals surface area (Å²) in [5.41, 5.74) is 0.522. The second kappa shape index (κ2) is 9.93. The monoisotopic (exact) mass is 419 g/mol. The maximum atomic E-state index is 12.9. The molecule has 1 fully saturated rings. The van der Waals surface area contributed by atoms with Crippen LogP contribution in [0, 0.1) is 0 Å². The van der Waals surface area contributed by atoms with Gasteiger partial charge in [0, 0.05) is 18.4 Å². The summed E-state index contributed by atoms with van der Waals surface area (Å²) in [6.07, 6.45) is 6.43. The van der Waals surface area contributed by atoms with Crippen LogP contribution < -0.4 is 19.5 Å². The number of aromatic nitrogens is 2. The Morgan fingerprint density at radius 2 is 1.58 bits per heavy atom. The summed E-state index contributed by atoms with van der Waals surface area (Å²) in [6.45, 7) is 0. The Hall–Kier alpha value is -3.61. The fourth-order valence-electron chi connectivity index (χ4n) is 3.64. The van der Waals surface area contributed by atoms with Crippen molar-refractivity contribution in [1.29, 1.82) is 0 Å². The van der Waals surface area contributed by atoms with E-state index in [0.29, 0.717) is 28.8 Å². The van der Waals surface area contributed by atoms with Gasteiger partial charge in [0.25, 0.3) is 17.7 Å². The zero-order valence-corrected chi connectivity index (χ0v) is 17.4. The summed E-state index contributed by atoms with van der Waals surface area (Å²) >= 11 is 0. The van der Waals surface area contributed by atoms with Gasteiger partial charge in [0.1, 0.15) is 17.6 Å². The molecule has 4 rings (SSSR count). The van der Waals surface area contributed by atoms with E-state index in [4.69, 9.17) is 14.2 Å². The van der Waals surface area contributed by atoms with E-state index < -0.39 is 0 Å². The lowest BCUT2D eigenvalue weighted by Gasteiger charge is -2.29.